The number of aromatic nitrogens is 4. The van der Waals surface area contributed by atoms with Crippen LogP contribution in [0.5, 0.6) is 0 Å². The number of thiocyanates is 1. The van der Waals surface area contributed by atoms with Crippen molar-refractivity contribution in [2.75, 3.05) is 0 Å². The standard InChI is InChI=1S/C6H3N5S/c7-2-12-11-4-10-5-1-8-3-9-6(5)11/h1,3-4H. The second-order valence-corrected chi connectivity index (χ2v) is 2.74. The zero-order valence-corrected chi connectivity index (χ0v) is 6.69. The van der Waals surface area contributed by atoms with Crippen LogP contribution in [0.3, 0.4) is 0 Å². The highest BCUT2D eigenvalue weighted by atomic mass is 32.2. The Labute approximate surface area is 72.2 Å². The lowest BCUT2D eigenvalue weighted by Gasteiger charge is -1.90. The van der Waals surface area contributed by atoms with Gasteiger partial charge in [-0.15, -0.1) is 0 Å². The molecule has 2 aromatic heterocycles. The first kappa shape index (κ1) is 7.06. The molecule has 0 amide bonds. The largest absolute Gasteiger partial charge is 0.243 e. The predicted molar refractivity (Wildman–Crippen MR) is 43.9 cm³/mol. The molecule has 0 saturated carbocycles. The van der Waals surface area contributed by atoms with Crippen LogP contribution < -0.4 is 0 Å². The summed E-state index contributed by atoms with van der Waals surface area (Å²) >= 11 is 0.981. The van der Waals surface area contributed by atoms with Gasteiger partial charge in [0.05, 0.1) is 18.1 Å². The van der Waals surface area contributed by atoms with Gasteiger partial charge in [0.2, 0.25) is 0 Å². The minimum atomic E-state index is 0.663. The van der Waals surface area contributed by atoms with Gasteiger partial charge in [-0.05, 0) is 0 Å². The maximum absolute atomic E-state index is 8.42. The molecule has 2 aromatic rings. The molecule has 0 fully saturated rings. The van der Waals surface area contributed by atoms with E-state index in [4.69, 9.17) is 5.26 Å². The smallest absolute Gasteiger partial charge is 0.174 e. The SMILES string of the molecule is N#CSn1cnc2cncnc21. The molecular weight excluding hydrogens is 174 g/mol. The molecule has 0 aromatic carbocycles. The molecule has 58 valence electrons. The predicted octanol–water partition coefficient (Wildman–Crippen LogP) is 0.804. The Hall–Kier alpha value is -1.61. The van der Waals surface area contributed by atoms with Crippen LogP contribution in [0, 0.1) is 10.7 Å². The molecule has 0 aliphatic carbocycles. The van der Waals surface area contributed by atoms with Crippen molar-refractivity contribution in [1.29, 1.82) is 5.26 Å². The summed E-state index contributed by atoms with van der Waals surface area (Å²) in [5, 5.41) is 10.4. The monoisotopic (exact) mass is 177 g/mol. The molecule has 0 unspecified atom stereocenters. The average molecular weight is 177 g/mol. The van der Waals surface area contributed by atoms with Crippen LogP contribution >= 0.6 is 11.9 Å². The summed E-state index contributed by atoms with van der Waals surface area (Å²) in [5.41, 5.74) is 1.36. The van der Waals surface area contributed by atoms with Crippen LogP contribution in [-0.2, 0) is 0 Å². The molecule has 0 atom stereocenters. The van der Waals surface area contributed by atoms with Crippen LogP contribution in [0.25, 0.3) is 11.2 Å². The molecule has 6 heteroatoms. The fourth-order valence-electron chi connectivity index (χ4n) is 0.857. The van der Waals surface area contributed by atoms with Gasteiger partial charge in [-0.3, -0.25) is 0 Å². The Morgan fingerprint density at radius 3 is 3.25 bits per heavy atom. The third-order valence-electron chi connectivity index (χ3n) is 1.32. The van der Waals surface area contributed by atoms with Gasteiger partial charge >= 0.3 is 0 Å². The summed E-state index contributed by atoms with van der Waals surface area (Å²) in [7, 11) is 0. The first-order chi connectivity index (χ1) is 5.92. The Kier molecular flexibility index (Phi) is 1.64. The third kappa shape index (κ3) is 1.00. The van der Waals surface area contributed by atoms with Crippen LogP contribution in [0.1, 0.15) is 0 Å². The van der Waals surface area contributed by atoms with E-state index in [9.17, 15) is 0 Å². The number of hydrogen-bond acceptors (Lipinski definition) is 5. The first-order valence-electron chi connectivity index (χ1n) is 3.11. The van der Waals surface area contributed by atoms with Crippen LogP contribution in [0.4, 0.5) is 0 Å². The lowest BCUT2D eigenvalue weighted by atomic mass is 10.6. The van der Waals surface area contributed by atoms with E-state index in [0.717, 1.165) is 11.9 Å². The Morgan fingerprint density at radius 1 is 1.50 bits per heavy atom. The quantitative estimate of drug-likeness (QED) is 0.603. The van der Waals surface area contributed by atoms with Crippen molar-refractivity contribution in [2.45, 2.75) is 0 Å². The van der Waals surface area contributed by atoms with E-state index >= 15 is 0 Å². The van der Waals surface area contributed by atoms with Crippen molar-refractivity contribution < 1.29 is 0 Å². The Bertz CT molecular complexity index is 442. The van der Waals surface area contributed by atoms with Gasteiger partial charge in [0.15, 0.2) is 11.0 Å². The summed E-state index contributed by atoms with van der Waals surface area (Å²) < 4.78 is 1.59. The van der Waals surface area contributed by atoms with Crippen molar-refractivity contribution in [1.82, 2.24) is 18.9 Å². The zero-order valence-electron chi connectivity index (χ0n) is 5.88. The third-order valence-corrected chi connectivity index (χ3v) is 1.87. The molecule has 0 N–H and O–H groups in total. The van der Waals surface area contributed by atoms with Gasteiger partial charge in [-0.25, -0.2) is 18.9 Å². The van der Waals surface area contributed by atoms with Gasteiger partial charge < -0.3 is 0 Å². The summed E-state index contributed by atoms with van der Waals surface area (Å²) in [6.07, 6.45) is 4.59. The number of nitrogens with zero attached hydrogens (tertiary/aromatic N) is 5. The van der Waals surface area contributed by atoms with E-state index in [-0.39, 0.29) is 0 Å². The van der Waals surface area contributed by atoms with Gasteiger partial charge in [0.1, 0.15) is 18.2 Å². The van der Waals surface area contributed by atoms with Crippen LogP contribution in [-0.4, -0.2) is 18.9 Å². The van der Waals surface area contributed by atoms with E-state index in [0.29, 0.717) is 11.2 Å². The molecule has 0 saturated heterocycles. The minimum absolute atomic E-state index is 0.663. The molecule has 2 heterocycles. The highest BCUT2D eigenvalue weighted by Crippen LogP contribution is 2.13. The number of fused-ring (bicyclic) bond motifs is 1. The zero-order chi connectivity index (χ0) is 8.39. The summed E-state index contributed by atoms with van der Waals surface area (Å²) in [6.45, 7) is 0. The second kappa shape index (κ2) is 2.79. The van der Waals surface area contributed by atoms with E-state index < -0.39 is 0 Å². The summed E-state index contributed by atoms with van der Waals surface area (Å²) in [6, 6.07) is 0. The molecular formula is C6H3N5S. The second-order valence-electron chi connectivity index (χ2n) is 1.98. The fourth-order valence-corrected chi connectivity index (χ4v) is 1.27. The van der Waals surface area contributed by atoms with Crippen molar-refractivity contribution >= 4 is 23.1 Å². The number of imidazole rings is 1. The van der Waals surface area contributed by atoms with Crippen LogP contribution in [0.2, 0.25) is 0 Å². The molecule has 0 aliphatic heterocycles. The minimum Gasteiger partial charge on any atom is -0.243 e. The maximum atomic E-state index is 8.42. The maximum Gasteiger partial charge on any atom is 0.174 e. The lowest BCUT2D eigenvalue weighted by molar-refractivity contribution is 1.18. The molecule has 2 rings (SSSR count). The van der Waals surface area contributed by atoms with Gasteiger partial charge in [0, 0.05) is 0 Å². The van der Waals surface area contributed by atoms with E-state index in [1.807, 2.05) is 5.40 Å². The molecule has 0 bridgehead atoms. The van der Waals surface area contributed by atoms with Crippen molar-refractivity contribution in [3.05, 3.63) is 18.9 Å². The highest BCUT2D eigenvalue weighted by molar-refractivity contribution is 8.02. The van der Waals surface area contributed by atoms with Crippen molar-refractivity contribution in [3.8, 4) is 5.40 Å². The van der Waals surface area contributed by atoms with Crippen molar-refractivity contribution in [3.63, 3.8) is 0 Å². The first-order valence-corrected chi connectivity index (χ1v) is 3.88. The van der Waals surface area contributed by atoms with E-state index in [1.165, 1.54) is 6.33 Å². The molecule has 5 nitrogen and oxygen atoms in total. The Morgan fingerprint density at radius 2 is 2.42 bits per heavy atom. The number of rotatable bonds is 1. The normalized spacial score (nSPS) is 9.92. The molecule has 12 heavy (non-hydrogen) atoms. The van der Waals surface area contributed by atoms with Gasteiger partial charge in [0.25, 0.3) is 0 Å². The lowest BCUT2D eigenvalue weighted by Crippen LogP contribution is -1.85. The van der Waals surface area contributed by atoms with Crippen molar-refractivity contribution in [2.24, 2.45) is 0 Å². The summed E-state index contributed by atoms with van der Waals surface area (Å²) in [4.78, 5) is 11.8. The molecule has 0 spiro atoms. The van der Waals surface area contributed by atoms with E-state index in [1.54, 1.807) is 16.5 Å². The number of nitriles is 1. The van der Waals surface area contributed by atoms with E-state index in [2.05, 4.69) is 15.0 Å². The number of hydrogen-bond donors (Lipinski definition) is 0. The fraction of sp³-hybridized carbons (Fsp3) is 0. The molecule has 0 aliphatic rings. The average Bonchev–Trinajstić information content (AvgIpc) is 2.50. The summed E-state index contributed by atoms with van der Waals surface area (Å²) in [5.74, 6) is 0. The topological polar surface area (TPSA) is 67.4 Å². The van der Waals surface area contributed by atoms with Gasteiger partial charge in [-0.2, -0.15) is 5.26 Å². The highest BCUT2D eigenvalue weighted by Gasteiger charge is 2.02. The molecule has 0 radical (unpaired) electrons. The van der Waals surface area contributed by atoms with Gasteiger partial charge in [-0.1, -0.05) is 0 Å². The Balaban J connectivity index is 2.64. The van der Waals surface area contributed by atoms with Crippen LogP contribution in [0.15, 0.2) is 18.9 Å².